The summed E-state index contributed by atoms with van der Waals surface area (Å²) in [5.74, 6) is 0.319. The predicted octanol–water partition coefficient (Wildman–Crippen LogP) is 3.55. The summed E-state index contributed by atoms with van der Waals surface area (Å²) in [4.78, 5) is 12.3. The first kappa shape index (κ1) is 16.1. The highest BCUT2D eigenvalue weighted by Gasteiger charge is 2.10. The zero-order valence-corrected chi connectivity index (χ0v) is 14.5. The van der Waals surface area contributed by atoms with Crippen LogP contribution in [-0.2, 0) is 13.1 Å². The van der Waals surface area contributed by atoms with Gasteiger partial charge >= 0.3 is 0 Å². The van der Waals surface area contributed by atoms with Gasteiger partial charge < -0.3 is 5.32 Å². The molecule has 6 nitrogen and oxygen atoms in total. The molecule has 2 aromatic heterocycles. The SMILES string of the molecule is CCn1cc(C(=O)Nc2ccn(Cc3cccc4ccccc34)n2)cn1. The van der Waals surface area contributed by atoms with Crippen molar-refractivity contribution in [3.8, 4) is 0 Å². The Labute approximate surface area is 151 Å². The van der Waals surface area contributed by atoms with E-state index in [9.17, 15) is 4.79 Å². The molecule has 6 heteroatoms. The van der Waals surface area contributed by atoms with Gasteiger partial charge in [-0.3, -0.25) is 14.2 Å². The fourth-order valence-electron chi connectivity index (χ4n) is 2.96. The van der Waals surface area contributed by atoms with Gasteiger partial charge in [0.15, 0.2) is 5.82 Å². The van der Waals surface area contributed by atoms with Crippen LogP contribution in [0.4, 0.5) is 5.82 Å². The molecule has 4 rings (SSSR count). The Morgan fingerprint density at radius 3 is 2.77 bits per heavy atom. The molecule has 0 aliphatic rings. The van der Waals surface area contributed by atoms with Gasteiger partial charge in [0, 0.05) is 25.0 Å². The molecule has 2 heterocycles. The fraction of sp³-hybridized carbons (Fsp3) is 0.150. The third-order valence-electron chi connectivity index (χ3n) is 4.31. The summed E-state index contributed by atoms with van der Waals surface area (Å²) in [5.41, 5.74) is 1.71. The average Bonchev–Trinajstić information content (AvgIpc) is 3.31. The topological polar surface area (TPSA) is 64.7 Å². The fourth-order valence-corrected chi connectivity index (χ4v) is 2.96. The van der Waals surface area contributed by atoms with Crippen LogP contribution >= 0.6 is 0 Å². The van der Waals surface area contributed by atoms with E-state index in [2.05, 4.69) is 45.8 Å². The van der Waals surface area contributed by atoms with Crippen molar-refractivity contribution in [1.82, 2.24) is 19.6 Å². The number of aryl methyl sites for hydroxylation is 1. The molecule has 0 saturated carbocycles. The van der Waals surface area contributed by atoms with Crippen LogP contribution in [0.5, 0.6) is 0 Å². The van der Waals surface area contributed by atoms with E-state index >= 15 is 0 Å². The van der Waals surface area contributed by atoms with Gasteiger partial charge in [-0.15, -0.1) is 0 Å². The van der Waals surface area contributed by atoms with Crippen LogP contribution in [0.1, 0.15) is 22.8 Å². The molecule has 0 unspecified atom stereocenters. The number of carbonyl (C=O) groups is 1. The van der Waals surface area contributed by atoms with Gasteiger partial charge in [-0.2, -0.15) is 10.2 Å². The van der Waals surface area contributed by atoms with Gasteiger partial charge in [-0.05, 0) is 23.3 Å². The molecule has 0 aliphatic carbocycles. The quantitative estimate of drug-likeness (QED) is 0.601. The lowest BCUT2D eigenvalue weighted by molar-refractivity contribution is 0.102. The maximum absolute atomic E-state index is 12.3. The minimum atomic E-state index is -0.208. The highest BCUT2D eigenvalue weighted by atomic mass is 16.1. The van der Waals surface area contributed by atoms with E-state index in [0.717, 1.165) is 6.54 Å². The molecule has 4 aromatic rings. The van der Waals surface area contributed by atoms with Crippen LogP contribution in [0.25, 0.3) is 10.8 Å². The second-order valence-corrected chi connectivity index (χ2v) is 6.08. The summed E-state index contributed by atoms with van der Waals surface area (Å²) in [6.45, 7) is 3.35. The average molecular weight is 345 g/mol. The lowest BCUT2D eigenvalue weighted by atomic mass is 10.0. The summed E-state index contributed by atoms with van der Waals surface area (Å²) >= 11 is 0. The summed E-state index contributed by atoms with van der Waals surface area (Å²) in [7, 11) is 0. The number of anilines is 1. The van der Waals surface area contributed by atoms with Crippen LogP contribution < -0.4 is 5.32 Å². The number of amides is 1. The number of fused-ring (bicyclic) bond motifs is 1. The smallest absolute Gasteiger partial charge is 0.260 e. The second-order valence-electron chi connectivity index (χ2n) is 6.08. The van der Waals surface area contributed by atoms with Gasteiger partial charge in [0.1, 0.15) is 0 Å². The molecule has 0 radical (unpaired) electrons. The molecule has 1 N–H and O–H groups in total. The second kappa shape index (κ2) is 6.84. The van der Waals surface area contributed by atoms with Crippen LogP contribution in [0.2, 0.25) is 0 Å². The first-order valence-corrected chi connectivity index (χ1v) is 8.57. The standard InChI is InChI=1S/C20H19N5O/c1-2-24-14-17(12-21-24)20(26)22-19-10-11-25(23-19)13-16-8-5-7-15-6-3-4-9-18(15)16/h3-12,14H,2,13H2,1H3,(H,22,23,26). The van der Waals surface area contributed by atoms with Crippen LogP contribution in [0, 0.1) is 0 Å². The largest absolute Gasteiger partial charge is 0.305 e. The van der Waals surface area contributed by atoms with E-state index in [0.29, 0.717) is 17.9 Å². The number of hydrogen-bond donors (Lipinski definition) is 1. The van der Waals surface area contributed by atoms with Crippen LogP contribution in [0.3, 0.4) is 0 Å². The van der Waals surface area contributed by atoms with E-state index in [1.807, 2.05) is 29.9 Å². The highest BCUT2D eigenvalue weighted by Crippen LogP contribution is 2.19. The van der Waals surface area contributed by atoms with E-state index in [4.69, 9.17) is 0 Å². The van der Waals surface area contributed by atoms with Crippen LogP contribution in [-0.4, -0.2) is 25.5 Å². The van der Waals surface area contributed by atoms with Crippen molar-refractivity contribution < 1.29 is 4.79 Å². The van der Waals surface area contributed by atoms with Crippen molar-refractivity contribution in [1.29, 1.82) is 0 Å². The lowest BCUT2D eigenvalue weighted by Gasteiger charge is -2.06. The molecule has 0 bridgehead atoms. The number of benzene rings is 2. The van der Waals surface area contributed by atoms with Crippen molar-refractivity contribution in [2.75, 3.05) is 5.32 Å². The molecule has 0 spiro atoms. The predicted molar refractivity (Wildman–Crippen MR) is 101 cm³/mol. The van der Waals surface area contributed by atoms with Gasteiger partial charge in [-0.25, -0.2) is 0 Å². The number of nitrogens with zero attached hydrogens (tertiary/aromatic N) is 4. The van der Waals surface area contributed by atoms with Crippen LogP contribution in [0.15, 0.2) is 67.1 Å². The summed E-state index contributed by atoms with van der Waals surface area (Å²) in [6, 6.07) is 16.3. The Hall–Kier alpha value is -3.41. The summed E-state index contributed by atoms with van der Waals surface area (Å²) < 4.78 is 3.54. The molecule has 130 valence electrons. The maximum atomic E-state index is 12.3. The normalized spacial score (nSPS) is 11.0. The Morgan fingerprint density at radius 2 is 1.92 bits per heavy atom. The van der Waals surface area contributed by atoms with Crippen molar-refractivity contribution in [3.05, 3.63) is 78.2 Å². The van der Waals surface area contributed by atoms with E-state index in [1.165, 1.54) is 16.3 Å². The molecule has 0 fully saturated rings. The third-order valence-corrected chi connectivity index (χ3v) is 4.31. The Balaban J connectivity index is 1.50. The summed E-state index contributed by atoms with van der Waals surface area (Å²) in [6.07, 6.45) is 5.15. The first-order chi connectivity index (χ1) is 12.7. The Kier molecular flexibility index (Phi) is 4.23. The maximum Gasteiger partial charge on any atom is 0.260 e. The minimum absolute atomic E-state index is 0.208. The van der Waals surface area contributed by atoms with E-state index in [-0.39, 0.29) is 5.91 Å². The van der Waals surface area contributed by atoms with Crippen molar-refractivity contribution in [3.63, 3.8) is 0 Å². The zero-order valence-electron chi connectivity index (χ0n) is 14.5. The van der Waals surface area contributed by atoms with Crippen molar-refractivity contribution in [2.45, 2.75) is 20.0 Å². The first-order valence-electron chi connectivity index (χ1n) is 8.57. The third kappa shape index (κ3) is 3.21. The number of hydrogen-bond acceptors (Lipinski definition) is 3. The van der Waals surface area contributed by atoms with Gasteiger partial charge in [0.25, 0.3) is 5.91 Å². The van der Waals surface area contributed by atoms with Crippen molar-refractivity contribution >= 4 is 22.5 Å². The lowest BCUT2D eigenvalue weighted by Crippen LogP contribution is -2.12. The molecule has 0 atom stereocenters. The molecule has 2 aromatic carbocycles. The molecule has 1 amide bonds. The van der Waals surface area contributed by atoms with E-state index in [1.54, 1.807) is 23.1 Å². The molecule has 0 saturated heterocycles. The zero-order chi connectivity index (χ0) is 17.9. The van der Waals surface area contributed by atoms with Gasteiger partial charge in [0.2, 0.25) is 0 Å². The van der Waals surface area contributed by atoms with Crippen molar-refractivity contribution in [2.24, 2.45) is 0 Å². The molecular weight excluding hydrogens is 326 g/mol. The minimum Gasteiger partial charge on any atom is -0.305 e. The summed E-state index contributed by atoms with van der Waals surface area (Å²) in [5, 5.41) is 13.8. The molecule has 0 aliphatic heterocycles. The van der Waals surface area contributed by atoms with Gasteiger partial charge in [-0.1, -0.05) is 42.5 Å². The Morgan fingerprint density at radius 1 is 1.08 bits per heavy atom. The number of rotatable bonds is 5. The number of nitrogens with one attached hydrogen (secondary N) is 1. The highest BCUT2D eigenvalue weighted by molar-refractivity contribution is 6.03. The van der Waals surface area contributed by atoms with Gasteiger partial charge in [0.05, 0.1) is 18.3 Å². The molecular formula is C20H19N5O. The Bertz CT molecular complexity index is 1060. The molecule has 26 heavy (non-hydrogen) atoms. The monoisotopic (exact) mass is 345 g/mol. The van der Waals surface area contributed by atoms with E-state index < -0.39 is 0 Å². The number of aromatic nitrogens is 4. The number of carbonyl (C=O) groups excluding carboxylic acids is 1.